The molecule has 1 aromatic heterocycles. The molecule has 0 aliphatic carbocycles. The summed E-state index contributed by atoms with van der Waals surface area (Å²) >= 11 is 0. The second kappa shape index (κ2) is 4.20. The predicted molar refractivity (Wildman–Crippen MR) is 63.2 cm³/mol. The quantitative estimate of drug-likeness (QED) is 0.840. The van der Waals surface area contributed by atoms with Crippen molar-refractivity contribution in [2.24, 2.45) is 0 Å². The number of aromatic nitrogens is 2. The Kier molecular flexibility index (Phi) is 2.52. The first kappa shape index (κ1) is 11.4. The zero-order valence-electron chi connectivity index (χ0n) is 9.74. The topological polar surface area (TPSA) is 93.8 Å². The van der Waals surface area contributed by atoms with Gasteiger partial charge in [-0.25, -0.2) is 9.48 Å². The smallest absolute Gasteiger partial charge is 0.360 e. The lowest BCUT2D eigenvalue weighted by Crippen LogP contribution is -2.15. The number of rotatable bonds is 2. The normalized spacial score (nSPS) is 13.3. The second-order valence-corrected chi connectivity index (χ2v) is 3.94. The van der Waals surface area contributed by atoms with E-state index in [1.54, 1.807) is 18.2 Å². The first-order valence-corrected chi connectivity index (χ1v) is 5.57. The molecule has 0 spiro atoms. The van der Waals surface area contributed by atoms with Crippen molar-refractivity contribution in [3.63, 3.8) is 0 Å². The Morgan fingerprint density at radius 2 is 2.00 bits per heavy atom. The van der Waals surface area contributed by atoms with E-state index in [1.807, 2.05) is 0 Å². The van der Waals surface area contributed by atoms with Gasteiger partial charge in [0.2, 0.25) is 5.69 Å². The lowest BCUT2D eigenvalue weighted by molar-refractivity contribution is 0.0687. The van der Waals surface area contributed by atoms with Crippen LogP contribution >= 0.6 is 0 Å². The first-order valence-electron chi connectivity index (χ1n) is 5.57. The summed E-state index contributed by atoms with van der Waals surface area (Å²) in [5, 5.41) is 22.1. The van der Waals surface area contributed by atoms with Crippen LogP contribution in [0.2, 0.25) is 0 Å². The van der Waals surface area contributed by atoms with E-state index in [0.29, 0.717) is 30.4 Å². The third-order valence-corrected chi connectivity index (χ3v) is 2.69. The summed E-state index contributed by atoms with van der Waals surface area (Å²) in [4.78, 5) is 10.8. The number of carboxylic acid groups (broad SMARTS) is 1. The monoisotopic (exact) mass is 262 g/mol. The minimum Gasteiger partial charge on any atom is -0.504 e. The summed E-state index contributed by atoms with van der Waals surface area (Å²) in [6.45, 7) is 0.958. The lowest BCUT2D eigenvalue weighted by atomic mass is 10.2. The molecule has 3 rings (SSSR count). The Morgan fingerprint density at radius 1 is 1.26 bits per heavy atom. The van der Waals surface area contributed by atoms with Crippen molar-refractivity contribution >= 4 is 5.97 Å². The SMILES string of the molecule is O=C(O)c1nn(-c2ccc3c(c2)OCCO3)cc1O. The number of aromatic hydroxyl groups is 1. The van der Waals surface area contributed by atoms with E-state index in [2.05, 4.69) is 5.10 Å². The lowest BCUT2D eigenvalue weighted by Gasteiger charge is -2.18. The van der Waals surface area contributed by atoms with E-state index in [1.165, 1.54) is 10.9 Å². The molecule has 2 aromatic rings. The molecular formula is C12H10N2O5. The summed E-state index contributed by atoms with van der Waals surface area (Å²) in [5.41, 5.74) is 0.182. The molecule has 0 amide bonds. The number of benzene rings is 1. The molecule has 0 bridgehead atoms. The highest BCUT2D eigenvalue weighted by Crippen LogP contribution is 2.32. The van der Waals surface area contributed by atoms with Gasteiger partial charge in [-0.2, -0.15) is 5.10 Å². The second-order valence-electron chi connectivity index (χ2n) is 3.94. The van der Waals surface area contributed by atoms with Gasteiger partial charge in [0.05, 0.1) is 11.9 Å². The van der Waals surface area contributed by atoms with Gasteiger partial charge in [-0.05, 0) is 12.1 Å². The van der Waals surface area contributed by atoms with Crippen molar-refractivity contribution in [2.45, 2.75) is 0 Å². The number of carbonyl (C=O) groups is 1. The average Bonchev–Trinajstić information content (AvgIpc) is 2.80. The van der Waals surface area contributed by atoms with Crippen LogP contribution in [-0.2, 0) is 0 Å². The minimum atomic E-state index is -1.28. The van der Waals surface area contributed by atoms with Gasteiger partial charge in [-0.3, -0.25) is 0 Å². The van der Waals surface area contributed by atoms with E-state index in [0.717, 1.165) is 0 Å². The van der Waals surface area contributed by atoms with Gasteiger partial charge in [0.1, 0.15) is 13.2 Å². The number of nitrogens with zero attached hydrogens (tertiary/aromatic N) is 2. The number of aromatic carboxylic acids is 1. The molecule has 0 saturated carbocycles. The zero-order valence-corrected chi connectivity index (χ0v) is 9.74. The highest BCUT2D eigenvalue weighted by atomic mass is 16.6. The van der Waals surface area contributed by atoms with Crippen LogP contribution in [0.4, 0.5) is 0 Å². The molecule has 98 valence electrons. The van der Waals surface area contributed by atoms with Crippen molar-refractivity contribution in [2.75, 3.05) is 13.2 Å². The van der Waals surface area contributed by atoms with E-state index in [4.69, 9.17) is 14.6 Å². The van der Waals surface area contributed by atoms with Crippen LogP contribution in [0.15, 0.2) is 24.4 Å². The third kappa shape index (κ3) is 1.95. The fourth-order valence-corrected chi connectivity index (χ4v) is 1.82. The number of carboxylic acids is 1. The fourth-order valence-electron chi connectivity index (χ4n) is 1.82. The van der Waals surface area contributed by atoms with Crippen LogP contribution in [0.1, 0.15) is 10.5 Å². The summed E-state index contributed by atoms with van der Waals surface area (Å²) in [5.74, 6) is -0.475. The van der Waals surface area contributed by atoms with Crippen LogP contribution in [0.25, 0.3) is 5.69 Å². The molecule has 2 heterocycles. The maximum Gasteiger partial charge on any atom is 0.360 e. The number of fused-ring (bicyclic) bond motifs is 1. The van der Waals surface area contributed by atoms with Crippen LogP contribution in [0.3, 0.4) is 0 Å². The van der Waals surface area contributed by atoms with E-state index < -0.39 is 11.7 Å². The Balaban J connectivity index is 2.02. The molecule has 7 heteroatoms. The highest BCUT2D eigenvalue weighted by Gasteiger charge is 2.17. The molecule has 0 unspecified atom stereocenters. The van der Waals surface area contributed by atoms with Gasteiger partial charge in [-0.15, -0.1) is 0 Å². The van der Waals surface area contributed by atoms with Gasteiger partial charge in [0.15, 0.2) is 17.2 Å². The molecule has 19 heavy (non-hydrogen) atoms. The van der Waals surface area contributed by atoms with Crippen LogP contribution in [0, 0.1) is 0 Å². The molecule has 0 fully saturated rings. The summed E-state index contributed by atoms with van der Waals surface area (Å²) in [6, 6.07) is 5.08. The van der Waals surface area contributed by atoms with Crippen LogP contribution < -0.4 is 9.47 Å². The highest BCUT2D eigenvalue weighted by molar-refractivity contribution is 5.88. The molecule has 1 aliphatic rings. The van der Waals surface area contributed by atoms with Gasteiger partial charge in [-0.1, -0.05) is 0 Å². The maximum atomic E-state index is 10.8. The van der Waals surface area contributed by atoms with Crippen molar-refractivity contribution in [1.82, 2.24) is 9.78 Å². The van der Waals surface area contributed by atoms with E-state index in [9.17, 15) is 9.90 Å². The molecule has 1 aromatic carbocycles. The number of hydrogen-bond acceptors (Lipinski definition) is 5. The molecule has 0 atom stereocenters. The third-order valence-electron chi connectivity index (χ3n) is 2.69. The molecule has 0 radical (unpaired) electrons. The van der Waals surface area contributed by atoms with Crippen LogP contribution in [0.5, 0.6) is 17.2 Å². The Morgan fingerprint density at radius 3 is 2.68 bits per heavy atom. The van der Waals surface area contributed by atoms with Gasteiger partial charge < -0.3 is 19.7 Å². The van der Waals surface area contributed by atoms with Crippen molar-refractivity contribution in [1.29, 1.82) is 0 Å². The summed E-state index contributed by atoms with van der Waals surface area (Å²) in [7, 11) is 0. The standard InChI is InChI=1S/C12H10N2O5/c15-8-6-14(13-11(8)12(16)17)7-1-2-9-10(5-7)19-4-3-18-9/h1-2,5-6,15H,3-4H2,(H,16,17). The van der Waals surface area contributed by atoms with Crippen molar-refractivity contribution < 1.29 is 24.5 Å². The Hall–Kier alpha value is -2.70. The molecule has 0 saturated heterocycles. The van der Waals surface area contributed by atoms with E-state index in [-0.39, 0.29) is 5.75 Å². The van der Waals surface area contributed by atoms with Gasteiger partial charge in [0, 0.05) is 6.07 Å². The van der Waals surface area contributed by atoms with Crippen LogP contribution in [-0.4, -0.2) is 39.2 Å². The first-order chi connectivity index (χ1) is 9.15. The van der Waals surface area contributed by atoms with E-state index >= 15 is 0 Å². The Labute approximate surface area is 107 Å². The molecule has 7 nitrogen and oxygen atoms in total. The predicted octanol–water partition coefficient (Wildman–Crippen LogP) is 1.05. The fraction of sp³-hybridized carbons (Fsp3) is 0.167. The average molecular weight is 262 g/mol. The van der Waals surface area contributed by atoms with Crippen molar-refractivity contribution in [3.8, 4) is 22.9 Å². The minimum absolute atomic E-state index is 0.387. The van der Waals surface area contributed by atoms with Crippen molar-refractivity contribution in [3.05, 3.63) is 30.1 Å². The Bertz CT molecular complexity index is 650. The maximum absolute atomic E-state index is 10.8. The summed E-state index contributed by atoms with van der Waals surface area (Å²) < 4.78 is 12.1. The van der Waals surface area contributed by atoms with Gasteiger partial charge >= 0.3 is 5.97 Å². The van der Waals surface area contributed by atoms with Gasteiger partial charge in [0.25, 0.3) is 0 Å². The zero-order chi connectivity index (χ0) is 13.4. The molecule has 1 aliphatic heterocycles. The molecular weight excluding hydrogens is 252 g/mol. The molecule has 2 N–H and O–H groups in total. The number of ether oxygens (including phenoxy) is 2. The largest absolute Gasteiger partial charge is 0.504 e. The number of hydrogen-bond donors (Lipinski definition) is 2. The summed E-state index contributed by atoms with van der Waals surface area (Å²) in [6.07, 6.45) is 1.23.